The third-order valence-electron chi connectivity index (χ3n) is 2.89. The van der Waals surface area contributed by atoms with Gasteiger partial charge in [0.25, 0.3) is 5.69 Å². The average molecular weight is 294 g/mol. The lowest BCUT2D eigenvalue weighted by molar-refractivity contribution is -0.384. The number of hydroxylamine groups is 1. The molecule has 0 saturated heterocycles. The van der Waals surface area contributed by atoms with Crippen LogP contribution in [0.15, 0.2) is 36.4 Å². The van der Waals surface area contributed by atoms with Crippen LogP contribution < -0.4 is 5.06 Å². The summed E-state index contributed by atoms with van der Waals surface area (Å²) in [6.07, 6.45) is -0.625. The molecule has 7 heteroatoms. The Morgan fingerprint density at radius 2 is 1.90 bits per heavy atom. The highest BCUT2D eigenvalue weighted by Gasteiger charge is 2.27. The molecule has 0 aliphatic rings. The number of nitro groups is 1. The molecule has 0 unspecified atom stereocenters. The van der Waals surface area contributed by atoms with Gasteiger partial charge in [-0.3, -0.25) is 20.1 Å². The van der Waals surface area contributed by atoms with Crippen molar-refractivity contribution in [1.29, 1.82) is 0 Å². The molecule has 1 rings (SSSR count). The maximum absolute atomic E-state index is 11.0. The van der Waals surface area contributed by atoms with Gasteiger partial charge < -0.3 is 4.74 Å². The molecular weight excluding hydrogens is 276 g/mol. The van der Waals surface area contributed by atoms with Crippen molar-refractivity contribution in [3.8, 4) is 0 Å². The number of non-ortho nitro benzene ring substituents is 1. The number of carbonyl (C=O) groups excluding carboxylic acids is 1. The van der Waals surface area contributed by atoms with Crippen molar-refractivity contribution in [3.63, 3.8) is 0 Å². The molecule has 0 fully saturated rings. The van der Waals surface area contributed by atoms with Gasteiger partial charge in [0.15, 0.2) is 0 Å². The number of ether oxygens (including phenoxy) is 1. The molecule has 114 valence electrons. The summed E-state index contributed by atoms with van der Waals surface area (Å²) < 4.78 is 5.07. The SMILES string of the molecule is C=C(C)[C@@H]([C@H](C)OC(C)=O)N(O)c1ccc([N+](=O)[O-])cc1. The Morgan fingerprint density at radius 1 is 1.38 bits per heavy atom. The van der Waals surface area contributed by atoms with Gasteiger partial charge in [0.05, 0.1) is 10.6 Å². The van der Waals surface area contributed by atoms with Gasteiger partial charge in [0.1, 0.15) is 12.1 Å². The normalized spacial score (nSPS) is 13.1. The molecule has 0 spiro atoms. The van der Waals surface area contributed by atoms with E-state index in [0.29, 0.717) is 11.3 Å². The first-order valence-corrected chi connectivity index (χ1v) is 6.29. The van der Waals surface area contributed by atoms with Crippen molar-refractivity contribution in [2.75, 3.05) is 5.06 Å². The molecule has 0 bridgehead atoms. The number of hydrogen-bond acceptors (Lipinski definition) is 6. The van der Waals surface area contributed by atoms with E-state index in [-0.39, 0.29) is 5.69 Å². The van der Waals surface area contributed by atoms with Crippen LogP contribution in [0.2, 0.25) is 0 Å². The van der Waals surface area contributed by atoms with Crippen LogP contribution in [0, 0.1) is 10.1 Å². The van der Waals surface area contributed by atoms with Gasteiger partial charge >= 0.3 is 5.97 Å². The predicted molar refractivity (Wildman–Crippen MR) is 77.2 cm³/mol. The average Bonchev–Trinajstić information content (AvgIpc) is 2.37. The third-order valence-corrected chi connectivity index (χ3v) is 2.89. The number of esters is 1. The first kappa shape index (κ1) is 16.6. The summed E-state index contributed by atoms with van der Waals surface area (Å²) in [5, 5.41) is 21.8. The number of nitrogens with zero attached hydrogens (tertiary/aromatic N) is 2. The van der Waals surface area contributed by atoms with Crippen LogP contribution in [0.5, 0.6) is 0 Å². The highest BCUT2D eigenvalue weighted by atomic mass is 16.6. The van der Waals surface area contributed by atoms with Crippen molar-refractivity contribution in [3.05, 3.63) is 46.5 Å². The second kappa shape index (κ2) is 6.85. The van der Waals surface area contributed by atoms with Crippen LogP contribution in [-0.4, -0.2) is 28.2 Å². The molecule has 2 atom stereocenters. The van der Waals surface area contributed by atoms with Crippen molar-refractivity contribution >= 4 is 17.3 Å². The lowest BCUT2D eigenvalue weighted by atomic mass is 10.0. The maximum Gasteiger partial charge on any atom is 0.302 e. The number of hydrogen-bond donors (Lipinski definition) is 1. The molecule has 0 radical (unpaired) electrons. The van der Waals surface area contributed by atoms with Gasteiger partial charge in [-0.05, 0) is 26.0 Å². The van der Waals surface area contributed by atoms with Gasteiger partial charge in [-0.15, -0.1) is 0 Å². The molecule has 0 amide bonds. The Kier molecular flexibility index (Phi) is 5.43. The largest absolute Gasteiger partial charge is 0.460 e. The zero-order valence-corrected chi connectivity index (χ0v) is 12.1. The lowest BCUT2D eigenvalue weighted by Crippen LogP contribution is -2.43. The molecule has 1 N–H and O–H groups in total. The van der Waals surface area contributed by atoms with Crippen LogP contribution in [0.1, 0.15) is 20.8 Å². The Labute approximate surface area is 122 Å². The molecule has 0 heterocycles. The topological polar surface area (TPSA) is 92.9 Å². The number of nitro benzene ring substituents is 1. The zero-order chi connectivity index (χ0) is 16.2. The van der Waals surface area contributed by atoms with Crippen molar-refractivity contribution < 1.29 is 19.7 Å². The molecule has 1 aromatic rings. The molecule has 0 aliphatic carbocycles. The quantitative estimate of drug-likeness (QED) is 0.375. The Balaban J connectivity index is 3.00. The van der Waals surface area contributed by atoms with E-state index in [9.17, 15) is 20.1 Å². The third kappa shape index (κ3) is 4.28. The van der Waals surface area contributed by atoms with Gasteiger partial charge in [-0.25, -0.2) is 5.06 Å². The van der Waals surface area contributed by atoms with Crippen molar-refractivity contribution in [2.45, 2.75) is 32.9 Å². The van der Waals surface area contributed by atoms with E-state index in [0.717, 1.165) is 5.06 Å². The maximum atomic E-state index is 11.0. The van der Waals surface area contributed by atoms with Crippen LogP contribution in [0.3, 0.4) is 0 Å². The first-order chi connectivity index (χ1) is 9.73. The highest BCUT2D eigenvalue weighted by Crippen LogP contribution is 2.24. The molecule has 0 saturated carbocycles. The first-order valence-electron chi connectivity index (χ1n) is 6.29. The van der Waals surface area contributed by atoms with E-state index >= 15 is 0 Å². The van der Waals surface area contributed by atoms with E-state index in [2.05, 4.69) is 6.58 Å². The molecule has 0 aromatic heterocycles. The molecule has 1 aromatic carbocycles. The summed E-state index contributed by atoms with van der Waals surface area (Å²) in [5.41, 5.74) is 0.851. The summed E-state index contributed by atoms with van der Waals surface area (Å²) in [4.78, 5) is 21.1. The van der Waals surface area contributed by atoms with Gasteiger partial charge in [-0.2, -0.15) is 0 Å². The van der Waals surface area contributed by atoms with Crippen LogP contribution in [0.25, 0.3) is 0 Å². The zero-order valence-electron chi connectivity index (χ0n) is 12.1. The second-order valence-electron chi connectivity index (χ2n) is 4.72. The fourth-order valence-corrected chi connectivity index (χ4v) is 2.02. The molecule has 21 heavy (non-hydrogen) atoms. The van der Waals surface area contributed by atoms with E-state index in [1.165, 1.54) is 31.2 Å². The summed E-state index contributed by atoms with van der Waals surface area (Å²) in [7, 11) is 0. The van der Waals surface area contributed by atoms with Crippen molar-refractivity contribution in [2.24, 2.45) is 0 Å². The molecule has 7 nitrogen and oxygen atoms in total. The van der Waals surface area contributed by atoms with Gasteiger partial charge in [0, 0.05) is 19.1 Å². The predicted octanol–water partition coefficient (Wildman–Crippen LogP) is 2.69. The van der Waals surface area contributed by atoms with E-state index in [1.54, 1.807) is 13.8 Å². The minimum Gasteiger partial charge on any atom is -0.460 e. The molecule has 0 aliphatic heterocycles. The minimum absolute atomic E-state index is 0.0768. The minimum atomic E-state index is -0.657. The van der Waals surface area contributed by atoms with E-state index in [4.69, 9.17) is 4.74 Å². The standard InChI is InChI=1S/C14H18N2O5/c1-9(2)14(10(3)21-11(4)17)15(18)12-5-7-13(8-6-12)16(19)20/h5-8,10,14,18H,1H2,2-4H3/t10-,14-/m0/s1. The van der Waals surface area contributed by atoms with Crippen LogP contribution >= 0.6 is 0 Å². The fourth-order valence-electron chi connectivity index (χ4n) is 2.02. The smallest absolute Gasteiger partial charge is 0.302 e. The van der Waals surface area contributed by atoms with Gasteiger partial charge in [-0.1, -0.05) is 12.2 Å². The molecular formula is C14H18N2O5. The highest BCUT2D eigenvalue weighted by molar-refractivity contribution is 5.66. The number of anilines is 1. The fraction of sp³-hybridized carbons (Fsp3) is 0.357. The van der Waals surface area contributed by atoms with Crippen molar-refractivity contribution in [1.82, 2.24) is 0 Å². The second-order valence-corrected chi connectivity index (χ2v) is 4.72. The monoisotopic (exact) mass is 294 g/mol. The Hall–Kier alpha value is -2.41. The lowest BCUT2D eigenvalue weighted by Gasteiger charge is -2.32. The van der Waals surface area contributed by atoms with Crippen LogP contribution in [-0.2, 0) is 9.53 Å². The van der Waals surface area contributed by atoms with E-state index < -0.39 is 23.0 Å². The number of benzene rings is 1. The summed E-state index contributed by atoms with van der Waals surface area (Å²) in [5.74, 6) is -0.467. The Bertz CT molecular complexity index is 541. The Morgan fingerprint density at radius 3 is 2.29 bits per heavy atom. The number of rotatable bonds is 6. The summed E-state index contributed by atoms with van der Waals surface area (Å²) in [6, 6.07) is 4.73. The summed E-state index contributed by atoms with van der Waals surface area (Å²) in [6.45, 7) is 8.38. The van der Waals surface area contributed by atoms with Crippen LogP contribution in [0.4, 0.5) is 11.4 Å². The van der Waals surface area contributed by atoms with Gasteiger partial charge in [0.2, 0.25) is 0 Å². The van der Waals surface area contributed by atoms with E-state index in [1.807, 2.05) is 0 Å². The number of carbonyl (C=O) groups is 1. The summed E-state index contributed by atoms with van der Waals surface area (Å²) >= 11 is 0.